The van der Waals surface area contributed by atoms with E-state index < -0.39 is 23.2 Å². The molecule has 2 atom stereocenters. The molecule has 31 heavy (non-hydrogen) atoms. The minimum atomic E-state index is -1.88. The van der Waals surface area contributed by atoms with Crippen molar-refractivity contribution in [3.8, 4) is 5.75 Å². The molecule has 2 aliphatic heterocycles. The second-order valence-corrected chi connectivity index (χ2v) is 7.90. The maximum Gasteiger partial charge on any atom is 0.338 e. The summed E-state index contributed by atoms with van der Waals surface area (Å²) in [6.07, 6.45) is 5.94. The van der Waals surface area contributed by atoms with Crippen LogP contribution in [0, 0.1) is 5.92 Å². The van der Waals surface area contributed by atoms with E-state index >= 15 is 0 Å². The average molecular weight is 449 g/mol. The molecule has 0 bridgehead atoms. The lowest BCUT2D eigenvalue weighted by Crippen LogP contribution is -2.56. The van der Waals surface area contributed by atoms with Gasteiger partial charge in [0.1, 0.15) is 11.3 Å². The number of hydrogen-bond acceptors (Lipinski definition) is 6. The van der Waals surface area contributed by atoms with Gasteiger partial charge in [-0.2, -0.15) is 0 Å². The zero-order chi connectivity index (χ0) is 22.4. The molecule has 0 spiro atoms. The lowest BCUT2D eigenvalue weighted by atomic mass is 9.95. The van der Waals surface area contributed by atoms with Crippen LogP contribution in [-0.2, 0) is 14.3 Å². The van der Waals surface area contributed by atoms with Gasteiger partial charge in [-0.25, -0.2) is 9.59 Å². The first kappa shape index (κ1) is 22.7. The minimum absolute atomic E-state index is 0.161. The lowest BCUT2D eigenvalue weighted by molar-refractivity contribution is -0.137. The molecule has 1 unspecified atom stereocenters. The normalized spacial score (nSPS) is 23.8. The van der Waals surface area contributed by atoms with Crippen molar-refractivity contribution in [2.24, 2.45) is 5.92 Å². The van der Waals surface area contributed by atoms with Crippen molar-refractivity contribution in [1.29, 1.82) is 0 Å². The number of piperidine rings is 1. The van der Waals surface area contributed by atoms with Gasteiger partial charge in [-0.05, 0) is 62.7 Å². The van der Waals surface area contributed by atoms with Crippen molar-refractivity contribution in [2.45, 2.75) is 25.5 Å². The van der Waals surface area contributed by atoms with Gasteiger partial charge in [-0.3, -0.25) is 0 Å². The van der Waals surface area contributed by atoms with Crippen LogP contribution in [-0.4, -0.2) is 47.6 Å². The van der Waals surface area contributed by atoms with E-state index in [0.717, 1.165) is 25.9 Å². The Morgan fingerprint density at radius 1 is 1.26 bits per heavy atom. The molecule has 8 nitrogen and oxygen atoms in total. The number of nitrogens with one attached hydrogen (secondary N) is 2. The van der Waals surface area contributed by atoms with Crippen LogP contribution in [0.2, 0.25) is 5.02 Å². The molecule has 0 saturated carbocycles. The number of dihydropyridines is 1. The van der Waals surface area contributed by atoms with Crippen molar-refractivity contribution in [3.05, 3.63) is 64.5 Å². The Bertz CT molecular complexity index is 918. The summed E-state index contributed by atoms with van der Waals surface area (Å²) in [5.41, 5.74) is -1.81. The molecular weight excluding hydrogens is 424 g/mol. The predicted molar refractivity (Wildman–Crippen MR) is 115 cm³/mol. The number of benzene rings is 1. The van der Waals surface area contributed by atoms with E-state index in [9.17, 15) is 19.8 Å². The minimum Gasteiger partial charge on any atom is -0.491 e. The number of halogens is 1. The topological polar surface area (TPSA) is 117 Å². The number of carboxylic acids is 2. The van der Waals surface area contributed by atoms with Crippen LogP contribution in [0.4, 0.5) is 0 Å². The van der Waals surface area contributed by atoms with Crippen LogP contribution in [0.3, 0.4) is 0 Å². The van der Waals surface area contributed by atoms with Crippen molar-refractivity contribution >= 4 is 23.5 Å². The fourth-order valence-electron chi connectivity index (χ4n) is 3.57. The van der Waals surface area contributed by atoms with Crippen LogP contribution in [0.1, 0.15) is 19.8 Å². The fraction of sp³-hybridized carbons (Fsp3) is 0.364. The molecule has 0 aliphatic carbocycles. The molecule has 4 N–H and O–H groups in total. The molecule has 0 amide bonds. The van der Waals surface area contributed by atoms with E-state index in [4.69, 9.17) is 21.1 Å². The van der Waals surface area contributed by atoms with Crippen molar-refractivity contribution in [2.75, 3.05) is 19.7 Å². The maximum absolute atomic E-state index is 12.2. The van der Waals surface area contributed by atoms with Gasteiger partial charge in [-0.1, -0.05) is 11.6 Å². The number of carboxylic acid groups (broad SMARTS) is 2. The Morgan fingerprint density at radius 3 is 2.61 bits per heavy atom. The van der Waals surface area contributed by atoms with Gasteiger partial charge in [0, 0.05) is 29.3 Å². The Morgan fingerprint density at radius 2 is 2.00 bits per heavy atom. The van der Waals surface area contributed by atoms with Crippen LogP contribution in [0.25, 0.3) is 0 Å². The van der Waals surface area contributed by atoms with E-state index in [0.29, 0.717) is 23.4 Å². The molecule has 166 valence electrons. The first-order valence-electron chi connectivity index (χ1n) is 9.94. The molecule has 0 radical (unpaired) electrons. The van der Waals surface area contributed by atoms with Crippen LogP contribution in [0.5, 0.6) is 5.75 Å². The highest BCUT2D eigenvalue weighted by molar-refractivity contribution is 6.30. The SMILES string of the molecule is CC1=CC=C(OCC2CCCNC2)[C@@](Oc2ccc(Cl)cc2)(/C(=C\C(=O)O)C(=O)O)N1. The van der Waals surface area contributed by atoms with E-state index in [1.54, 1.807) is 43.3 Å². The summed E-state index contributed by atoms with van der Waals surface area (Å²) < 4.78 is 12.2. The molecule has 0 aromatic heterocycles. The Kier molecular flexibility index (Phi) is 7.25. The van der Waals surface area contributed by atoms with Crippen molar-refractivity contribution < 1.29 is 29.3 Å². The number of rotatable bonds is 8. The second-order valence-electron chi connectivity index (χ2n) is 7.47. The highest BCUT2D eigenvalue weighted by Crippen LogP contribution is 2.35. The third-order valence-electron chi connectivity index (χ3n) is 5.04. The fourth-order valence-corrected chi connectivity index (χ4v) is 3.70. The van der Waals surface area contributed by atoms with Crippen molar-refractivity contribution in [1.82, 2.24) is 10.6 Å². The third kappa shape index (κ3) is 5.59. The van der Waals surface area contributed by atoms with Crippen LogP contribution in [0.15, 0.2) is 59.5 Å². The first-order valence-corrected chi connectivity index (χ1v) is 10.3. The third-order valence-corrected chi connectivity index (χ3v) is 5.29. The standard InChI is InChI=1S/C22H25ClN2O6/c1-14-4-9-19(30-13-15-3-2-10-24-12-15)22(25-14,18(21(28)29)11-20(26)27)31-17-7-5-16(23)6-8-17/h4-9,11,15,24-25H,2-3,10,12-13H2,1H3,(H,26,27)(H,28,29)/b18-11-/t15?,22-/m0/s1. The number of ether oxygens (including phenoxy) is 2. The number of allylic oxidation sites excluding steroid dienone is 3. The maximum atomic E-state index is 12.2. The molecule has 1 aromatic carbocycles. The molecular formula is C22H25ClN2O6. The predicted octanol–water partition coefficient (Wildman–Crippen LogP) is 2.92. The summed E-state index contributed by atoms with van der Waals surface area (Å²) >= 11 is 5.95. The summed E-state index contributed by atoms with van der Waals surface area (Å²) in [5, 5.41) is 26.0. The van der Waals surface area contributed by atoms with Crippen molar-refractivity contribution in [3.63, 3.8) is 0 Å². The second kappa shape index (κ2) is 9.89. The Labute approximate surface area is 185 Å². The summed E-state index contributed by atoms with van der Waals surface area (Å²) in [7, 11) is 0. The smallest absolute Gasteiger partial charge is 0.338 e. The molecule has 3 rings (SSSR count). The van der Waals surface area contributed by atoms with Gasteiger partial charge in [0.25, 0.3) is 5.72 Å². The van der Waals surface area contributed by atoms with Gasteiger partial charge >= 0.3 is 11.9 Å². The van der Waals surface area contributed by atoms with Gasteiger partial charge in [0.15, 0.2) is 5.76 Å². The summed E-state index contributed by atoms with van der Waals surface area (Å²) in [6.45, 7) is 3.80. The van der Waals surface area contributed by atoms with E-state index in [1.807, 2.05) is 0 Å². The molecule has 1 aromatic rings. The molecule has 9 heteroatoms. The highest BCUT2D eigenvalue weighted by Gasteiger charge is 2.48. The quantitative estimate of drug-likeness (QED) is 0.448. The van der Waals surface area contributed by atoms with Crippen LogP contribution < -0.4 is 15.4 Å². The largest absolute Gasteiger partial charge is 0.491 e. The number of aliphatic carboxylic acids is 2. The van der Waals surface area contributed by atoms with E-state index in [1.165, 1.54) is 0 Å². The van der Waals surface area contributed by atoms with E-state index in [2.05, 4.69) is 10.6 Å². The van der Waals surface area contributed by atoms with Gasteiger partial charge < -0.3 is 30.3 Å². The van der Waals surface area contributed by atoms with Gasteiger partial charge in [-0.15, -0.1) is 0 Å². The Balaban J connectivity index is 2.03. The van der Waals surface area contributed by atoms with Crippen LogP contribution >= 0.6 is 11.6 Å². The average Bonchev–Trinajstić information content (AvgIpc) is 2.73. The summed E-state index contributed by atoms with van der Waals surface area (Å²) in [5.74, 6) is -2.17. The Hall–Kier alpha value is -2.97. The molecule has 2 aliphatic rings. The first-order chi connectivity index (χ1) is 14.8. The monoisotopic (exact) mass is 448 g/mol. The zero-order valence-corrected chi connectivity index (χ0v) is 17.8. The van der Waals surface area contributed by atoms with Gasteiger partial charge in [0.2, 0.25) is 0 Å². The van der Waals surface area contributed by atoms with E-state index in [-0.39, 0.29) is 17.4 Å². The van der Waals surface area contributed by atoms with Gasteiger partial charge in [0.05, 0.1) is 6.61 Å². The molecule has 1 fully saturated rings. The zero-order valence-electron chi connectivity index (χ0n) is 17.1. The lowest BCUT2D eigenvalue weighted by Gasteiger charge is -2.40. The molecule has 2 heterocycles. The number of hydrogen-bond donors (Lipinski definition) is 4. The molecule has 1 saturated heterocycles. The summed E-state index contributed by atoms with van der Waals surface area (Å²) in [6, 6.07) is 6.33. The highest BCUT2D eigenvalue weighted by atomic mass is 35.5. The summed E-state index contributed by atoms with van der Waals surface area (Å²) in [4.78, 5) is 23.6. The number of carbonyl (C=O) groups is 2.